The van der Waals surface area contributed by atoms with Crippen molar-refractivity contribution >= 4 is 19.1 Å². The van der Waals surface area contributed by atoms with Crippen LogP contribution in [-0.4, -0.2) is 6.94 Å². The van der Waals surface area contributed by atoms with Crippen LogP contribution in [0, 0.1) is 0 Å². The Bertz CT molecular complexity index is 2240. The van der Waals surface area contributed by atoms with Gasteiger partial charge in [0.05, 0.1) is 0 Å². The van der Waals surface area contributed by atoms with Gasteiger partial charge in [0.15, 0.2) is 0 Å². The predicted octanol–water partition coefficient (Wildman–Crippen LogP) is 16.3. The van der Waals surface area contributed by atoms with E-state index in [4.69, 9.17) is 0 Å². The van der Waals surface area contributed by atoms with E-state index >= 15 is 0 Å². The molecule has 2 heteroatoms. The molecule has 0 nitrogen and oxygen atoms in total. The van der Waals surface area contributed by atoms with Crippen molar-refractivity contribution in [3.05, 3.63) is 129 Å². The molecule has 7 rings (SSSR count). The summed E-state index contributed by atoms with van der Waals surface area (Å²) in [6.07, 6.45) is 17.4. The van der Waals surface area contributed by atoms with E-state index in [-0.39, 0.29) is 21.7 Å². The molecule has 2 unspecified atom stereocenters. The van der Waals surface area contributed by atoms with Crippen LogP contribution in [0.2, 0.25) is 17.7 Å². The summed E-state index contributed by atoms with van der Waals surface area (Å²) in [5.41, 5.74) is 17.6. The molecule has 0 spiro atoms. The van der Waals surface area contributed by atoms with Crippen molar-refractivity contribution in [2.75, 3.05) is 0 Å². The fourth-order valence-corrected chi connectivity index (χ4v) is 58.0. The third-order valence-corrected chi connectivity index (χ3v) is 70.0. The van der Waals surface area contributed by atoms with Crippen LogP contribution in [-0.2, 0) is 35.8 Å². The Labute approximate surface area is 344 Å². The van der Waals surface area contributed by atoms with Gasteiger partial charge in [0, 0.05) is 0 Å². The second-order valence-corrected chi connectivity index (χ2v) is 106. The van der Waals surface area contributed by atoms with Crippen LogP contribution in [0.4, 0.5) is 0 Å². The van der Waals surface area contributed by atoms with Crippen molar-refractivity contribution in [2.24, 2.45) is 0 Å². The SMILES string of the molecule is CC(C)(C)c1cc(-c2cccc3c2C=C[CH]3[Hf]([CH3])([CH3])([CH3])(=[SiH2])([CH]2CCCCC2)[CH]2C=Cc3c(-c4cc(C(C)(C)C)cc(C(C)(C)C)c4)cccc32)cc(C(C)(C)C)c1. The summed E-state index contributed by atoms with van der Waals surface area (Å²) < 4.78 is 10.4. The summed E-state index contributed by atoms with van der Waals surface area (Å²) in [4.78, 5) is 0. The summed E-state index contributed by atoms with van der Waals surface area (Å²) in [7, 11) is 0. The number of benzene rings is 4. The van der Waals surface area contributed by atoms with Gasteiger partial charge in [0.25, 0.3) is 0 Å². The molecule has 1 fully saturated rings. The quantitative estimate of drug-likeness (QED) is 0.175. The van der Waals surface area contributed by atoms with E-state index in [9.17, 15) is 0 Å². The molecule has 57 heavy (non-hydrogen) atoms. The predicted molar refractivity (Wildman–Crippen MR) is 255 cm³/mol. The van der Waals surface area contributed by atoms with Gasteiger partial charge in [-0.3, -0.25) is 0 Å². The van der Waals surface area contributed by atoms with Gasteiger partial charge in [-0.2, -0.15) is 0 Å². The molecule has 4 aromatic carbocycles. The Morgan fingerprint density at radius 1 is 0.474 bits per heavy atom. The van der Waals surface area contributed by atoms with Crippen molar-refractivity contribution < 1.29 is 14.2 Å². The minimum absolute atomic E-state index is 0.0702. The van der Waals surface area contributed by atoms with Crippen LogP contribution in [0.5, 0.6) is 0 Å². The van der Waals surface area contributed by atoms with E-state index in [1.165, 1.54) is 87.7 Å². The summed E-state index contributed by atoms with van der Waals surface area (Å²) in [6, 6.07) is 29.6. The van der Waals surface area contributed by atoms with Gasteiger partial charge in [-0.15, -0.1) is 0 Å². The van der Waals surface area contributed by atoms with E-state index in [2.05, 4.69) is 201 Å². The molecule has 4 aromatic rings. The van der Waals surface area contributed by atoms with Crippen molar-refractivity contribution in [2.45, 2.75) is 162 Å². The average molecular weight is 944 g/mol. The Morgan fingerprint density at radius 2 is 0.807 bits per heavy atom. The molecule has 0 amide bonds. The number of fused-ring (bicyclic) bond motifs is 2. The van der Waals surface area contributed by atoms with E-state index in [0.29, 0.717) is 11.0 Å². The topological polar surface area (TPSA) is 0 Å². The Kier molecular flexibility index (Phi) is 9.34. The molecule has 2 atom stereocenters. The standard InChI is InChI=1S/2C23H27.C6H11.3CH3.Hf.H2Si/c2*1-22(2,3)18-13-17(14-19(15-18)23(4,5)6)21-12-8-10-16-9-7-11-20(16)21;1-2-4-6-5-3-1;;;;;/h2*7-15H,1-6H3;1H,2-6H2;3*1H3;;1H2. The zero-order valence-corrected chi connectivity index (χ0v) is 43.7. The normalized spacial score (nSPS) is 21.1. The van der Waals surface area contributed by atoms with Gasteiger partial charge in [-0.25, -0.2) is 0 Å². The molecule has 0 aromatic heterocycles. The number of rotatable bonds is 5. The molecule has 0 heterocycles. The Morgan fingerprint density at radius 3 is 1.12 bits per heavy atom. The van der Waals surface area contributed by atoms with Gasteiger partial charge in [0.2, 0.25) is 0 Å². The van der Waals surface area contributed by atoms with Gasteiger partial charge in [0.1, 0.15) is 0 Å². The molecule has 0 saturated heterocycles. The van der Waals surface area contributed by atoms with Gasteiger partial charge in [-0.1, -0.05) is 0 Å². The monoisotopic (exact) mass is 945 g/mol. The van der Waals surface area contributed by atoms with Crippen molar-refractivity contribution in [3.63, 3.8) is 0 Å². The molecule has 3 aliphatic rings. The summed E-state index contributed by atoms with van der Waals surface area (Å²) in [6.45, 7) is 30.9. The van der Waals surface area contributed by atoms with Gasteiger partial charge < -0.3 is 0 Å². The Balaban J connectivity index is 1.46. The number of allylic oxidation sites excluding steroid dienone is 2. The van der Waals surface area contributed by atoms with Crippen LogP contribution in [0.25, 0.3) is 34.4 Å². The molecular formula is C55H76HfSi. The van der Waals surface area contributed by atoms with E-state index < -0.39 is 14.2 Å². The zero-order valence-electron chi connectivity index (χ0n) is 38.7. The van der Waals surface area contributed by atoms with E-state index in [0.717, 1.165) is 0 Å². The maximum atomic E-state index is 2.95. The van der Waals surface area contributed by atoms with Crippen molar-refractivity contribution in [3.8, 4) is 22.3 Å². The third kappa shape index (κ3) is 6.87. The van der Waals surface area contributed by atoms with Crippen LogP contribution in [0.3, 0.4) is 0 Å². The molecule has 0 radical (unpaired) electrons. The van der Waals surface area contributed by atoms with Gasteiger partial charge in [-0.05, 0) is 0 Å². The van der Waals surface area contributed by atoms with Crippen molar-refractivity contribution in [1.29, 1.82) is 0 Å². The minimum atomic E-state index is -5.25. The van der Waals surface area contributed by atoms with E-state index in [1.807, 2.05) is 0 Å². The molecule has 0 aliphatic heterocycles. The zero-order chi connectivity index (χ0) is 41.9. The Hall–Kier alpha value is -2.55. The van der Waals surface area contributed by atoms with Gasteiger partial charge >= 0.3 is 347 Å². The molecule has 304 valence electrons. The summed E-state index contributed by atoms with van der Waals surface area (Å²) in [5, 5.41) is 0. The average Bonchev–Trinajstić information content (AvgIpc) is 3.77. The van der Waals surface area contributed by atoms with Crippen LogP contribution in [0.1, 0.15) is 167 Å². The maximum absolute atomic E-state index is 5.25. The van der Waals surface area contributed by atoms with Crippen LogP contribution >= 0.6 is 0 Å². The molecule has 0 bridgehead atoms. The second kappa shape index (κ2) is 12.5. The van der Waals surface area contributed by atoms with Crippen molar-refractivity contribution in [1.82, 2.24) is 0 Å². The van der Waals surface area contributed by atoms with Crippen LogP contribution in [0.15, 0.2) is 84.9 Å². The fourth-order valence-electron chi connectivity index (χ4n) is 12.1. The molecular weight excluding hydrogens is 867 g/mol. The number of hydrogen-bond acceptors (Lipinski definition) is 0. The first kappa shape index (κ1) is 42.6. The third-order valence-electron chi connectivity index (χ3n) is 16.4. The summed E-state index contributed by atoms with van der Waals surface area (Å²) >= 11 is -5.25. The second-order valence-electron chi connectivity index (χ2n) is 26.5. The van der Waals surface area contributed by atoms with E-state index in [1.54, 1.807) is 11.1 Å². The number of hydrogen-bond donors (Lipinski definition) is 0. The summed E-state index contributed by atoms with van der Waals surface area (Å²) in [5.74, 6) is 0. The first-order valence-corrected chi connectivity index (χ1v) is 47.8. The first-order valence-electron chi connectivity index (χ1n) is 22.5. The molecule has 1 saturated carbocycles. The molecule has 0 N–H and O–H groups in total. The fraction of sp³-hybridized carbons (Fsp3) is 0.491. The molecule has 3 aliphatic carbocycles. The van der Waals surface area contributed by atoms with Crippen LogP contribution < -0.4 is 0 Å². The first-order chi connectivity index (χ1) is 26.0.